The fourth-order valence-electron chi connectivity index (χ4n) is 6.43. The Kier molecular flexibility index (Phi) is 15.3. The van der Waals surface area contributed by atoms with Crippen LogP contribution in [0.4, 0.5) is 0 Å². The minimum atomic E-state index is -1.21. The van der Waals surface area contributed by atoms with Gasteiger partial charge in [-0.3, -0.25) is 24.0 Å². The average Bonchev–Trinajstić information content (AvgIpc) is 3.17. The number of benzene rings is 2. The second-order valence-electron chi connectivity index (χ2n) is 13.2. The summed E-state index contributed by atoms with van der Waals surface area (Å²) in [6, 6.07) is 10.2. The largest absolute Gasteiger partial charge is 0.492 e. The summed E-state index contributed by atoms with van der Waals surface area (Å²) < 4.78 is 12.1. The number of hydrogen-bond donors (Lipinski definition) is 4. The van der Waals surface area contributed by atoms with Crippen molar-refractivity contribution < 1.29 is 33.4 Å². The first-order chi connectivity index (χ1) is 26.0. The third-order valence-corrected chi connectivity index (χ3v) is 9.21. The molecule has 3 aromatic rings. The lowest BCUT2D eigenvalue weighted by Crippen LogP contribution is -2.46. The molecule has 1 aliphatic rings. The van der Waals surface area contributed by atoms with Crippen molar-refractivity contribution in [2.75, 3.05) is 39.9 Å². The summed E-state index contributed by atoms with van der Waals surface area (Å²) in [6.45, 7) is 2.48. The van der Waals surface area contributed by atoms with E-state index in [9.17, 15) is 24.0 Å². The van der Waals surface area contributed by atoms with Crippen molar-refractivity contribution in [3.63, 3.8) is 0 Å². The van der Waals surface area contributed by atoms with Crippen molar-refractivity contribution in [3.05, 3.63) is 71.8 Å². The first kappa shape index (κ1) is 41.2. The lowest BCUT2D eigenvalue weighted by Gasteiger charge is -2.32. The molecule has 0 aliphatic carbocycles. The monoisotopic (exact) mass is 740 g/mol. The molecule has 0 saturated heterocycles. The molecule has 15 heteroatoms. The van der Waals surface area contributed by atoms with E-state index in [0.29, 0.717) is 33.8 Å². The lowest BCUT2D eigenvalue weighted by molar-refractivity contribution is -0.142. The van der Waals surface area contributed by atoms with Crippen molar-refractivity contribution in [1.29, 1.82) is 5.26 Å². The van der Waals surface area contributed by atoms with Crippen LogP contribution < -0.4 is 32.0 Å². The van der Waals surface area contributed by atoms with E-state index in [0.717, 1.165) is 0 Å². The van der Waals surface area contributed by atoms with E-state index < -0.39 is 41.5 Å². The van der Waals surface area contributed by atoms with Crippen molar-refractivity contribution in [1.82, 2.24) is 20.2 Å². The highest BCUT2D eigenvalue weighted by atomic mass is 16.5. The molecule has 54 heavy (non-hydrogen) atoms. The van der Waals surface area contributed by atoms with Gasteiger partial charge in [0.1, 0.15) is 37.1 Å². The number of hydrogen-bond acceptors (Lipinski definition) is 13. The number of rotatable bonds is 16. The first-order valence-electron chi connectivity index (χ1n) is 17.9. The van der Waals surface area contributed by atoms with Gasteiger partial charge in [0, 0.05) is 81.2 Å². The number of carbonyl (C=O) groups excluding carboxylic acids is 5. The number of amides is 2. The number of ether oxygens (including phenoxy) is 2. The van der Waals surface area contributed by atoms with Gasteiger partial charge in [-0.25, -0.2) is 9.97 Å². The lowest BCUT2D eigenvalue weighted by atomic mass is 9.88. The van der Waals surface area contributed by atoms with Crippen molar-refractivity contribution in [3.8, 4) is 28.7 Å². The summed E-state index contributed by atoms with van der Waals surface area (Å²) in [5.74, 6) is -3.09. The number of Topliss-reactive ketones (excluding diaryl/α,β-unsaturated/α-hetero) is 3. The third-order valence-electron chi connectivity index (χ3n) is 9.21. The quantitative estimate of drug-likeness (QED) is 0.154. The molecule has 4 unspecified atom stereocenters. The number of nitrogens with two attached hydrogens (primary N) is 3. The van der Waals surface area contributed by atoms with Gasteiger partial charge in [0.15, 0.2) is 17.3 Å². The minimum absolute atomic E-state index is 0.0249. The van der Waals surface area contributed by atoms with Crippen LogP contribution in [-0.2, 0) is 25.6 Å². The number of nitrogens with one attached hydrogen (secondary N) is 1. The Balaban J connectivity index is 1.89. The molecule has 1 aromatic heterocycles. The van der Waals surface area contributed by atoms with Crippen molar-refractivity contribution in [2.24, 2.45) is 29.0 Å². The molecular formula is C39H48N8O7. The fourth-order valence-corrected chi connectivity index (χ4v) is 6.43. The maximum absolute atomic E-state index is 14.4. The number of fused-ring (bicyclic) bond motifs is 5. The normalized spacial score (nSPS) is 17.7. The van der Waals surface area contributed by atoms with E-state index >= 15 is 0 Å². The Hall–Kier alpha value is -5.56. The standard InChI is InChI=1S/C39H48N8O7/c1-24-16-34(50)37(47(2)39(52)27(9-11-41)20-33(49)28-21-44-23-45-22-28)26-6-8-36(54-15-13-43)30(19-26)29-17-25(5-7-35(29)53-14-12-42)18-31(46-38(24)51)32(48)4-3-10-40/h5-8,17,19,21-24,27,31,37H,3-4,9,11-16,18,20,41-43H2,1-2H3,(H,46,51). The zero-order valence-corrected chi connectivity index (χ0v) is 30.7. The summed E-state index contributed by atoms with van der Waals surface area (Å²) in [7, 11) is 1.48. The number of carbonyl (C=O) groups is 5. The molecule has 2 amide bonds. The van der Waals surface area contributed by atoms with Gasteiger partial charge < -0.3 is 36.9 Å². The van der Waals surface area contributed by atoms with Crippen LogP contribution >= 0.6 is 0 Å². The molecule has 0 fully saturated rings. The summed E-state index contributed by atoms with van der Waals surface area (Å²) in [5, 5.41) is 12.0. The van der Waals surface area contributed by atoms with Crippen LogP contribution in [0, 0.1) is 23.2 Å². The van der Waals surface area contributed by atoms with Gasteiger partial charge in [-0.1, -0.05) is 19.1 Å². The highest BCUT2D eigenvalue weighted by molar-refractivity contribution is 5.99. The Morgan fingerprint density at radius 2 is 1.61 bits per heavy atom. The second kappa shape index (κ2) is 20.0. The highest BCUT2D eigenvalue weighted by Crippen LogP contribution is 2.41. The Morgan fingerprint density at radius 3 is 2.24 bits per heavy atom. The Morgan fingerprint density at radius 1 is 0.963 bits per heavy atom. The van der Waals surface area contributed by atoms with Crippen LogP contribution in [0.1, 0.15) is 66.6 Å². The predicted molar refractivity (Wildman–Crippen MR) is 199 cm³/mol. The molecule has 7 N–H and O–H groups in total. The molecule has 2 aromatic carbocycles. The van der Waals surface area contributed by atoms with Gasteiger partial charge in [0.2, 0.25) is 11.8 Å². The smallest absolute Gasteiger partial charge is 0.226 e. The van der Waals surface area contributed by atoms with Crippen LogP contribution in [0.25, 0.3) is 11.1 Å². The molecule has 15 nitrogen and oxygen atoms in total. The van der Waals surface area contributed by atoms with Gasteiger partial charge in [0.25, 0.3) is 0 Å². The number of nitrogens with zero attached hydrogens (tertiary/aromatic N) is 4. The topological polar surface area (TPSA) is 247 Å². The summed E-state index contributed by atoms with van der Waals surface area (Å²) >= 11 is 0. The molecule has 0 spiro atoms. The first-order valence-corrected chi connectivity index (χ1v) is 17.9. The van der Waals surface area contributed by atoms with E-state index in [1.165, 1.54) is 30.7 Å². The van der Waals surface area contributed by atoms with Crippen molar-refractivity contribution in [2.45, 2.75) is 57.5 Å². The molecule has 4 atom stereocenters. The summed E-state index contributed by atoms with van der Waals surface area (Å²) in [5.41, 5.74) is 19.9. The fraction of sp³-hybridized carbons (Fsp3) is 0.436. The zero-order chi connectivity index (χ0) is 39.2. The summed E-state index contributed by atoms with van der Waals surface area (Å²) in [6.07, 6.45) is 3.73. The van der Waals surface area contributed by atoms with Crippen LogP contribution in [0.2, 0.25) is 0 Å². The summed E-state index contributed by atoms with van der Waals surface area (Å²) in [4.78, 5) is 78.0. The molecular weight excluding hydrogens is 692 g/mol. The van der Waals surface area contributed by atoms with Crippen molar-refractivity contribution >= 4 is 29.2 Å². The van der Waals surface area contributed by atoms with Crippen LogP contribution in [0.15, 0.2) is 55.1 Å². The Labute approximate surface area is 314 Å². The molecule has 286 valence electrons. The predicted octanol–water partition coefficient (Wildman–Crippen LogP) is 2.07. The molecule has 1 aliphatic heterocycles. The number of aromatic nitrogens is 2. The minimum Gasteiger partial charge on any atom is -0.492 e. The molecule has 4 bridgehead atoms. The SMILES string of the molecule is CC1CC(=O)C(N(C)C(=O)C(CCN)CC(=O)c2cncnc2)c2ccc(OCCN)c(c2)-c2cc(ccc2OCCN)CC(C(=O)CCC#N)NC1=O. The van der Waals surface area contributed by atoms with Gasteiger partial charge in [-0.05, 0) is 54.8 Å². The molecule has 2 heterocycles. The number of ketones is 3. The Bertz CT molecular complexity index is 1850. The molecule has 0 saturated carbocycles. The third kappa shape index (κ3) is 10.5. The maximum atomic E-state index is 14.4. The second-order valence-corrected chi connectivity index (χ2v) is 13.2. The van der Waals surface area contributed by atoms with Gasteiger partial charge in [-0.2, -0.15) is 5.26 Å². The van der Waals surface area contributed by atoms with Crippen LogP contribution in [-0.4, -0.2) is 90.0 Å². The molecule has 0 radical (unpaired) electrons. The number of likely N-dealkylation sites (N-methyl/N-ethyl adjacent to an activating group) is 1. The van der Waals surface area contributed by atoms with E-state index in [1.807, 2.05) is 12.1 Å². The maximum Gasteiger partial charge on any atom is 0.226 e. The van der Waals surface area contributed by atoms with E-state index in [2.05, 4.69) is 15.3 Å². The highest BCUT2D eigenvalue weighted by Gasteiger charge is 2.36. The van der Waals surface area contributed by atoms with E-state index in [1.54, 1.807) is 37.3 Å². The van der Waals surface area contributed by atoms with E-state index in [4.69, 9.17) is 31.9 Å². The van der Waals surface area contributed by atoms with E-state index in [-0.39, 0.29) is 88.5 Å². The average molecular weight is 741 g/mol. The van der Waals surface area contributed by atoms with Gasteiger partial charge >= 0.3 is 0 Å². The van der Waals surface area contributed by atoms with Crippen LogP contribution in [0.5, 0.6) is 11.5 Å². The molecule has 4 rings (SSSR count). The number of nitriles is 1. The zero-order valence-electron chi connectivity index (χ0n) is 30.7. The van der Waals surface area contributed by atoms with Crippen LogP contribution in [0.3, 0.4) is 0 Å². The van der Waals surface area contributed by atoms with Gasteiger partial charge in [0.05, 0.1) is 17.7 Å². The van der Waals surface area contributed by atoms with Gasteiger partial charge in [-0.15, -0.1) is 0 Å².